The molecule has 1 aromatic heterocycles. The van der Waals surface area contributed by atoms with E-state index in [1.165, 1.54) is 12.1 Å². The Kier molecular flexibility index (Phi) is 4.64. The number of nitrogens with zero attached hydrogens (tertiary/aromatic N) is 1. The molecule has 0 fully saturated rings. The molecule has 0 unspecified atom stereocenters. The number of carbonyl (C=O) groups excluding carboxylic acids is 1. The van der Waals surface area contributed by atoms with Crippen LogP contribution in [0.15, 0.2) is 36.5 Å². The van der Waals surface area contributed by atoms with Gasteiger partial charge in [0.25, 0.3) is 5.91 Å². The van der Waals surface area contributed by atoms with Crippen LogP contribution in [0.5, 0.6) is 0 Å². The number of hydrogen-bond acceptors (Lipinski definition) is 3. The van der Waals surface area contributed by atoms with Gasteiger partial charge in [0.2, 0.25) is 0 Å². The zero-order valence-electron chi connectivity index (χ0n) is 11.4. The minimum absolute atomic E-state index is 0.110. The Morgan fingerprint density at radius 3 is 2.95 bits per heavy atom. The number of halogens is 1. The lowest BCUT2D eigenvalue weighted by Crippen LogP contribution is -2.15. The molecule has 1 amide bonds. The van der Waals surface area contributed by atoms with E-state index < -0.39 is 11.7 Å². The molecule has 4 nitrogen and oxygen atoms in total. The Balaban J connectivity index is 2.34. The van der Waals surface area contributed by atoms with E-state index in [0.717, 1.165) is 6.07 Å². The molecule has 106 valence electrons. The predicted octanol–water partition coefficient (Wildman–Crippen LogP) is 2.13. The fourth-order valence-electron chi connectivity index (χ4n) is 1.75. The molecule has 1 heterocycles. The van der Waals surface area contributed by atoms with Crippen LogP contribution in [0.3, 0.4) is 0 Å². The minimum atomic E-state index is -0.530. The van der Waals surface area contributed by atoms with Gasteiger partial charge >= 0.3 is 0 Å². The SMILES string of the molecule is Cc1ncccc1NC(=O)c1cc(F)ccc1C#CCO. The van der Waals surface area contributed by atoms with Crippen molar-refractivity contribution in [2.24, 2.45) is 0 Å². The zero-order valence-corrected chi connectivity index (χ0v) is 11.4. The summed E-state index contributed by atoms with van der Waals surface area (Å²) >= 11 is 0. The van der Waals surface area contributed by atoms with Gasteiger partial charge in [0.1, 0.15) is 12.4 Å². The molecule has 0 saturated carbocycles. The van der Waals surface area contributed by atoms with Gasteiger partial charge in [-0.25, -0.2) is 4.39 Å². The Morgan fingerprint density at radius 2 is 2.24 bits per heavy atom. The molecule has 2 N–H and O–H groups in total. The average molecular weight is 284 g/mol. The molecule has 0 aliphatic heterocycles. The monoisotopic (exact) mass is 284 g/mol. The second kappa shape index (κ2) is 6.64. The maximum atomic E-state index is 13.4. The lowest BCUT2D eigenvalue weighted by atomic mass is 10.1. The molecule has 0 saturated heterocycles. The lowest BCUT2D eigenvalue weighted by molar-refractivity contribution is 0.102. The second-order valence-electron chi connectivity index (χ2n) is 4.24. The van der Waals surface area contributed by atoms with E-state index in [1.54, 1.807) is 25.3 Å². The van der Waals surface area contributed by atoms with E-state index >= 15 is 0 Å². The van der Waals surface area contributed by atoms with E-state index in [1.807, 2.05) is 0 Å². The quantitative estimate of drug-likeness (QED) is 0.830. The van der Waals surface area contributed by atoms with Crippen LogP contribution in [0.25, 0.3) is 0 Å². The molecular weight excluding hydrogens is 271 g/mol. The molecule has 2 aromatic rings. The summed E-state index contributed by atoms with van der Waals surface area (Å²) in [4.78, 5) is 16.3. The van der Waals surface area contributed by atoms with Gasteiger partial charge in [0, 0.05) is 11.8 Å². The van der Waals surface area contributed by atoms with Crippen LogP contribution < -0.4 is 5.32 Å². The first-order valence-electron chi connectivity index (χ1n) is 6.24. The first-order valence-corrected chi connectivity index (χ1v) is 6.24. The highest BCUT2D eigenvalue weighted by atomic mass is 19.1. The number of nitrogens with one attached hydrogen (secondary N) is 1. The number of aliphatic hydroxyl groups excluding tert-OH is 1. The van der Waals surface area contributed by atoms with Gasteiger partial charge in [-0.3, -0.25) is 9.78 Å². The average Bonchev–Trinajstić information content (AvgIpc) is 2.48. The van der Waals surface area contributed by atoms with Crippen LogP contribution in [-0.2, 0) is 0 Å². The summed E-state index contributed by atoms with van der Waals surface area (Å²) < 4.78 is 13.4. The van der Waals surface area contributed by atoms with Crippen LogP contribution in [-0.4, -0.2) is 22.6 Å². The molecule has 21 heavy (non-hydrogen) atoms. The van der Waals surface area contributed by atoms with Crippen molar-refractivity contribution in [2.45, 2.75) is 6.92 Å². The van der Waals surface area contributed by atoms with Gasteiger partial charge in [-0.05, 0) is 37.3 Å². The van der Waals surface area contributed by atoms with Gasteiger partial charge in [-0.1, -0.05) is 11.8 Å². The first kappa shape index (κ1) is 14.7. The first-order chi connectivity index (χ1) is 10.1. The third-order valence-corrected chi connectivity index (χ3v) is 2.78. The minimum Gasteiger partial charge on any atom is -0.384 e. The van der Waals surface area contributed by atoms with E-state index in [0.29, 0.717) is 16.9 Å². The van der Waals surface area contributed by atoms with E-state index in [2.05, 4.69) is 22.1 Å². The number of anilines is 1. The summed E-state index contributed by atoms with van der Waals surface area (Å²) in [7, 11) is 0. The topological polar surface area (TPSA) is 62.2 Å². The van der Waals surface area contributed by atoms with E-state index in [4.69, 9.17) is 5.11 Å². The Labute approximate surface area is 121 Å². The largest absolute Gasteiger partial charge is 0.384 e. The Hall–Kier alpha value is -2.71. The number of amides is 1. The molecule has 0 radical (unpaired) electrons. The van der Waals surface area contributed by atoms with E-state index in [-0.39, 0.29) is 12.2 Å². The van der Waals surface area contributed by atoms with Gasteiger partial charge in [-0.2, -0.15) is 0 Å². The second-order valence-corrected chi connectivity index (χ2v) is 4.24. The van der Waals surface area contributed by atoms with Gasteiger partial charge in [-0.15, -0.1) is 0 Å². The van der Waals surface area contributed by atoms with Crippen LogP contribution in [0.4, 0.5) is 10.1 Å². The summed E-state index contributed by atoms with van der Waals surface area (Å²) in [6.45, 7) is 1.42. The lowest BCUT2D eigenvalue weighted by Gasteiger charge is -2.09. The molecule has 5 heteroatoms. The molecule has 1 aromatic carbocycles. The maximum absolute atomic E-state index is 13.4. The van der Waals surface area contributed by atoms with Crippen molar-refractivity contribution >= 4 is 11.6 Å². The van der Waals surface area contributed by atoms with Crippen LogP contribution >= 0.6 is 0 Å². The standard InChI is InChI=1S/C16H13FN2O2/c1-11-15(5-2-8-18-11)19-16(21)14-10-13(17)7-6-12(14)4-3-9-20/h2,5-8,10,20H,9H2,1H3,(H,19,21). The number of carbonyl (C=O) groups is 1. The number of hydrogen-bond donors (Lipinski definition) is 2. The summed E-state index contributed by atoms with van der Waals surface area (Å²) in [5.74, 6) is 4.06. The van der Waals surface area contributed by atoms with E-state index in [9.17, 15) is 9.18 Å². The number of aryl methyl sites for hydroxylation is 1. The van der Waals surface area contributed by atoms with Crippen LogP contribution in [0.2, 0.25) is 0 Å². The summed E-state index contributed by atoms with van der Waals surface area (Å²) in [5, 5.41) is 11.4. The van der Waals surface area contributed by atoms with Gasteiger partial charge < -0.3 is 10.4 Å². The van der Waals surface area contributed by atoms with Crippen molar-refractivity contribution < 1.29 is 14.3 Å². The molecule has 0 aliphatic carbocycles. The molecule has 0 bridgehead atoms. The Morgan fingerprint density at radius 1 is 1.43 bits per heavy atom. The number of aromatic nitrogens is 1. The summed E-state index contributed by atoms with van der Waals surface area (Å²) in [6, 6.07) is 7.14. The normalized spacial score (nSPS) is 9.67. The summed E-state index contributed by atoms with van der Waals surface area (Å²) in [5.41, 5.74) is 1.67. The van der Waals surface area contributed by atoms with Crippen molar-refractivity contribution in [1.82, 2.24) is 4.98 Å². The van der Waals surface area contributed by atoms with Crippen molar-refractivity contribution in [1.29, 1.82) is 0 Å². The highest BCUT2D eigenvalue weighted by Crippen LogP contribution is 2.15. The molecule has 2 rings (SSSR count). The zero-order chi connectivity index (χ0) is 15.2. The fraction of sp³-hybridized carbons (Fsp3) is 0.125. The van der Waals surface area contributed by atoms with Gasteiger partial charge in [0.15, 0.2) is 0 Å². The molecule has 0 aliphatic rings. The third-order valence-electron chi connectivity index (χ3n) is 2.78. The highest BCUT2D eigenvalue weighted by molar-refractivity contribution is 6.06. The molecular formula is C16H13FN2O2. The predicted molar refractivity (Wildman–Crippen MR) is 77.3 cm³/mol. The number of rotatable bonds is 2. The van der Waals surface area contributed by atoms with Crippen molar-refractivity contribution in [2.75, 3.05) is 11.9 Å². The Bertz CT molecular complexity index is 733. The smallest absolute Gasteiger partial charge is 0.257 e. The fourth-order valence-corrected chi connectivity index (χ4v) is 1.75. The molecule has 0 atom stereocenters. The van der Waals surface area contributed by atoms with Crippen LogP contribution in [0.1, 0.15) is 21.6 Å². The number of pyridine rings is 1. The third kappa shape index (κ3) is 3.65. The van der Waals surface area contributed by atoms with Crippen molar-refractivity contribution in [3.8, 4) is 11.8 Å². The van der Waals surface area contributed by atoms with Crippen molar-refractivity contribution in [3.05, 3.63) is 59.2 Å². The maximum Gasteiger partial charge on any atom is 0.257 e. The number of aliphatic hydroxyl groups is 1. The van der Waals surface area contributed by atoms with Crippen molar-refractivity contribution in [3.63, 3.8) is 0 Å². The van der Waals surface area contributed by atoms with Crippen LogP contribution in [0, 0.1) is 24.6 Å². The number of benzene rings is 1. The van der Waals surface area contributed by atoms with Gasteiger partial charge in [0.05, 0.1) is 16.9 Å². The summed E-state index contributed by atoms with van der Waals surface area (Å²) in [6.07, 6.45) is 1.62. The molecule has 0 spiro atoms. The highest BCUT2D eigenvalue weighted by Gasteiger charge is 2.13.